The first-order chi connectivity index (χ1) is 14.5. The van der Waals surface area contributed by atoms with E-state index in [0.717, 1.165) is 5.56 Å². The second-order valence-electron chi connectivity index (χ2n) is 6.66. The van der Waals surface area contributed by atoms with Crippen LogP contribution in [0.1, 0.15) is 15.9 Å². The van der Waals surface area contributed by atoms with Gasteiger partial charge in [-0.05, 0) is 48.0 Å². The van der Waals surface area contributed by atoms with Crippen LogP contribution in [-0.4, -0.2) is 27.5 Å². The number of nitrogens with one attached hydrogen (secondary N) is 2. The highest BCUT2D eigenvalue weighted by atomic mass is 32.2. The average Bonchev–Trinajstić information content (AvgIpc) is 2.78. The summed E-state index contributed by atoms with van der Waals surface area (Å²) in [5.74, 6) is 1.03. The summed E-state index contributed by atoms with van der Waals surface area (Å²) < 4.78 is 38.5. The van der Waals surface area contributed by atoms with Crippen molar-refractivity contribution >= 4 is 21.6 Å². The number of hydrogen-bond donors (Lipinski definition) is 2. The van der Waals surface area contributed by atoms with Crippen LogP contribution in [-0.2, 0) is 16.6 Å². The molecule has 8 heteroatoms. The van der Waals surface area contributed by atoms with Gasteiger partial charge >= 0.3 is 0 Å². The van der Waals surface area contributed by atoms with Crippen molar-refractivity contribution in [3.8, 4) is 11.5 Å². The molecule has 0 saturated heterocycles. The van der Waals surface area contributed by atoms with Gasteiger partial charge in [0, 0.05) is 17.8 Å². The Labute approximate surface area is 174 Å². The first-order valence-corrected chi connectivity index (χ1v) is 10.8. The van der Waals surface area contributed by atoms with Gasteiger partial charge in [0.2, 0.25) is 0 Å². The molecule has 1 amide bonds. The highest BCUT2D eigenvalue weighted by Gasteiger charge is 2.15. The van der Waals surface area contributed by atoms with E-state index in [2.05, 4.69) is 10.0 Å². The first kappa shape index (κ1) is 19.8. The van der Waals surface area contributed by atoms with E-state index in [4.69, 9.17) is 9.47 Å². The molecule has 1 heterocycles. The van der Waals surface area contributed by atoms with Crippen LogP contribution in [0.4, 0.5) is 5.69 Å². The Morgan fingerprint density at radius 1 is 0.867 bits per heavy atom. The van der Waals surface area contributed by atoms with Crippen LogP contribution in [0.3, 0.4) is 0 Å². The molecule has 0 radical (unpaired) electrons. The van der Waals surface area contributed by atoms with E-state index in [-0.39, 0.29) is 10.8 Å². The van der Waals surface area contributed by atoms with Gasteiger partial charge in [-0.25, -0.2) is 8.42 Å². The molecule has 0 unspecified atom stereocenters. The van der Waals surface area contributed by atoms with Crippen LogP contribution in [0.2, 0.25) is 0 Å². The Bertz CT molecular complexity index is 1160. The van der Waals surface area contributed by atoms with Crippen molar-refractivity contribution in [3.05, 3.63) is 83.9 Å². The normalized spacial score (nSPS) is 12.8. The lowest BCUT2D eigenvalue weighted by Gasteiger charge is -2.19. The third kappa shape index (κ3) is 4.55. The fraction of sp³-hybridized carbons (Fsp3) is 0.136. The largest absolute Gasteiger partial charge is 0.486 e. The van der Waals surface area contributed by atoms with Crippen molar-refractivity contribution in [2.45, 2.75) is 11.4 Å². The average molecular weight is 424 g/mol. The third-order valence-electron chi connectivity index (χ3n) is 4.49. The number of amides is 1. The highest BCUT2D eigenvalue weighted by Crippen LogP contribution is 2.30. The molecule has 0 aliphatic carbocycles. The summed E-state index contributed by atoms with van der Waals surface area (Å²) in [6.45, 7) is 1.32. The number of benzene rings is 3. The minimum absolute atomic E-state index is 0.151. The zero-order chi connectivity index (χ0) is 21.0. The fourth-order valence-electron chi connectivity index (χ4n) is 3.02. The molecule has 0 spiro atoms. The highest BCUT2D eigenvalue weighted by molar-refractivity contribution is 7.92. The number of carbonyl (C=O) groups excluding carboxylic acids is 1. The van der Waals surface area contributed by atoms with Crippen molar-refractivity contribution in [1.29, 1.82) is 0 Å². The number of anilines is 1. The molecule has 2 N–H and O–H groups in total. The lowest BCUT2D eigenvalue weighted by Crippen LogP contribution is -2.23. The number of carbonyl (C=O) groups is 1. The molecule has 0 bridgehead atoms. The quantitative estimate of drug-likeness (QED) is 0.634. The molecule has 0 atom stereocenters. The number of rotatable bonds is 6. The third-order valence-corrected chi connectivity index (χ3v) is 5.89. The molecule has 0 aromatic heterocycles. The van der Waals surface area contributed by atoms with Crippen molar-refractivity contribution in [2.24, 2.45) is 0 Å². The van der Waals surface area contributed by atoms with Gasteiger partial charge in [-0.15, -0.1) is 0 Å². The predicted molar refractivity (Wildman–Crippen MR) is 112 cm³/mol. The topological polar surface area (TPSA) is 93.7 Å². The number of hydrogen-bond acceptors (Lipinski definition) is 5. The summed E-state index contributed by atoms with van der Waals surface area (Å²) in [6, 6.07) is 19.9. The Balaban J connectivity index is 1.43. The fourth-order valence-corrected chi connectivity index (χ4v) is 4.09. The smallest absolute Gasteiger partial charge is 0.261 e. The molecule has 7 nitrogen and oxygen atoms in total. The van der Waals surface area contributed by atoms with Gasteiger partial charge in [-0.1, -0.05) is 30.3 Å². The lowest BCUT2D eigenvalue weighted by atomic mass is 10.1. The number of fused-ring (bicyclic) bond motifs is 1. The molecule has 4 rings (SSSR count). The maximum absolute atomic E-state index is 12.6. The van der Waals surface area contributed by atoms with Gasteiger partial charge in [0.15, 0.2) is 11.5 Å². The van der Waals surface area contributed by atoms with Crippen molar-refractivity contribution in [1.82, 2.24) is 5.32 Å². The number of sulfonamides is 1. The number of ether oxygens (including phenoxy) is 2. The van der Waals surface area contributed by atoms with Gasteiger partial charge < -0.3 is 14.8 Å². The molecule has 3 aromatic rings. The van der Waals surface area contributed by atoms with E-state index in [1.54, 1.807) is 36.4 Å². The molecular weight excluding hydrogens is 404 g/mol. The standard InChI is InChI=1S/C22H20N2O5S/c25-22(23-15-16-9-10-20-21(13-16)29-12-11-28-20)17-5-4-6-18(14-17)24-30(26,27)19-7-2-1-3-8-19/h1-10,13-14,24H,11-12,15H2,(H,23,25). The lowest BCUT2D eigenvalue weighted by molar-refractivity contribution is 0.0951. The second kappa shape index (κ2) is 8.46. The maximum atomic E-state index is 12.6. The van der Waals surface area contributed by atoms with Crippen LogP contribution in [0.15, 0.2) is 77.7 Å². The van der Waals surface area contributed by atoms with Crippen LogP contribution < -0.4 is 19.5 Å². The van der Waals surface area contributed by atoms with Crippen molar-refractivity contribution in [2.75, 3.05) is 17.9 Å². The first-order valence-electron chi connectivity index (χ1n) is 9.36. The molecule has 1 aliphatic heterocycles. The minimum Gasteiger partial charge on any atom is -0.486 e. The molecule has 1 aliphatic rings. The Hall–Kier alpha value is -3.52. The zero-order valence-corrected chi connectivity index (χ0v) is 16.8. The molecule has 0 saturated carbocycles. The monoisotopic (exact) mass is 424 g/mol. The zero-order valence-electron chi connectivity index (χ0n) is 16.0. The van der Waals surface area contributed by atoms with Gasteiger partial charge in [-0.2, -0.15) is 0 Å². The van der Waals surface area contributed by atoms with Crippen LogP contribution in [0, 0.1) is 0 Å². The van der Waals surface area contributed by atoms with E-state index < -0.39 is 10.0 Å². The van der Waals surface area contributed by atoms with E-state index in [0.29, 0.717) is 42.5 Å². The molecule has 30 heavy (non-hydrogen) atoms. The minimum atomic E-state index is -3.73. The summed E-state index contributed by atoms with van der Waals surface area (Å²) in [6.07, 6.45) is 0. The Morgan fingerprint density at radius 3 is 2.43 bits per heavy atom. The summed E-state index contributed by atoms with van der Waals surface area (Å²) in [7, 11) is -3.73. The van der Waals surface area contributed by atoms with E-state index in [1.807, 2.05) is 18.2 Å². The Kier molecular flexibility index (Phi) is 5.58. The summed E-state index contributed by atoms with van der Waals surface area (Å²) in [5, 5.41) is 2.83. The molecule has 154 valence electrons. The van der Waals surface area contributed by atoms with Crippen LogP contribution >= 0.6 is 0 Å². The van der Waals surface area contributed by atoms with E-state index in [9.17, 15) is 13.2 Å². The van der Waals surface area contributed by atoms with Crippen molar-refractivity contribution < 1.29 is 22.7 Å². The van der Waals surface area contributed by atoms with Gasteiger partial charge in [-0.3, -0.25) is 9.52 Å². The van der Waals surface area contributed by atoms with Crippen LogP contribution in [0.5, 0.6) is 11.5 Å². The summed E-state index contributed by atoms with van der Waals surface area (Å²) >= 11 is 0. The van der Waals surface area contributed by atoms with E-state index in [1.165, 1.54) is 18.2 Å². The summed E-state index contributed by atoms with van der Waals surface area (Å²) in [4.78, 5) is 12.7. The molecule has 3 aromatic carbocycles. The van der Waals surface area contributed by atoms with Crippen molar-refractivity contribution in [3.63, 3.8) is 0 Å². The second-order valence-corrected chi connectivity index (χ2v) is 8.34. The molecular formula is C22H20N2O5S. The van der Waals surface area contributed by atoms with Crippen LogP contribution in [0.25, 0.3) is 0 Å². The molecule has 0 fully saturated rings. The van der Waals surface area contributed by atoms with Gasteiger partial charge in [0.05, 0.1) is 4.90 Å². The van der Waals surface area contributed by atoms with E-state index >= 15 is 0 Å². The predicted octanol–water partition coefficient (Wildman–Crippen LogP) is 3.19. The van der Waals surface area contributed by atoms with Gasteiger partial charge in [0.25, 0.3) is 15.9 Å². The maximum Gasteiger partial charge on any atom is 0.261 e. The summed E-state index contributed by atoms with van der Waals surface area (Å²) in [5.41, 5.74) is 1.53. The Morgan fingerprint density at radius 2 is 1.63 bits per heavy atom. The van der Waals surface area contributed by atoms with Gasteiger partial charge in [0.1, 0.15) is 13.2 Å². The SMILES string of the molecule is O=C(NCc1ccc2c(c1)OCCO2)c1cccc(NS(=O)(=O)c2ccccc2)c1.